The van der Waals surface area contributed by atoms with Crippen LogP contribution in [0.1, 0.15) is 59.4 Å². The fourth-order valence-corrected chi connectivity index (χ4v) is 5.70. The number of nitrogens with one attached hydrogen (secondary N) is 1. The van der Waals surface area contributed by atoms with Crippen molar-refractivity contribution in [3.05, 3.63) is 83.4 Å². The van der Waals surface area contributed by atoms with Gasteiger partial charge < -0.3 is 9.88 Å². The van der Waals surface area contributed by atoms with Gasteiger partial charge in [0.2, 0.25) is 0 Å². The highest BCUT2D eigenvalue weighted by molar-refractivity contribution is 6.04. The number of nitrogens with zero attached hydrogens (tertiary/aromatic N) is 2. The number of fused-ring (bicyclic) bond motifs is 3. The number of ketones is 1. The van der Waals surface area contributed by atoms with E-state index in [1.165, 1.54) is 11.3 Å². The number of Topliss-reactive ketones (excluding diaryl/α,β-unsaturated/α-hetero) is 1. The topological polar surface area (TPSA) is 64.0 Å². The lowest BCUT2D eigenvalue weighted by Gasteiger charge is -2.43. The zero-order valence-corrected chi connectivity index (χ0v) is 18.5. The van der Waals surface area contributed by atoms with Crippen molar-refractivity contribution in [1.82, 2.24) is 9.55 Å². The highest BCUT2D eigenvalue weighted by Gasteiger charge is 2.47. The fraction of sp³-hybridized carbons (Fsp3) is 0.370. The van der Waals surface area contributed by atoms with Crippen LogP contribution in [-0.2, 0) is 23.2 Å². The number of carbonyl (C=O) groups excluding carboxylic acids is 2. The normalized spacial score (nSPS) is 22.5. The summed E-state index contributed by atoms with van der Waals surface area (Å²) in [6.07, 6.45) is 8.82. The SMILES string of the molecule is Cc1ncccc1NC(=O)c1cc2n(c1)CCC[C@@H]1CC(=O)CC[C@]21Cc1ccccc1. The van der Waals surface area contributed by atoms with E-state index in [2.05, 4.69) is 45.2 Å². The molecule has 5 heteroatoms. The first-order valence-electron chi connectivity index (χ1n) is 11.5. The van der Waals surface area contributed by atoms with Crippen LogP contribution in [0.3, 0.4) is 0 Å². The van der Waals surface area contributed by atoms with E-state index in [-0.39, 0.29) is 11.3 Å². The van der Waals surface area contributed by atoms with Gasteiger partial charge in [-0.3, -0.25) is 14.6 Å². The summed E-state index contributed by atoms with van der Waals surface area (Å²) in [7, 11) is 0. The molecule has 164 valence electrons. The molecule has 1 N–H and O–H groups in total. The predicted molar refractivity (Wildman–Crippen MR) is 125 cm³/mol. The molecule has 0 bridgehead atoms. The second kappa shape index (κ2) is 8.38. The minimum Gasteiger partial charge on any atom is -0.350 e. The van der Waals surface area contributed by atoms with E-state index in [0.717, 1.165) is 43.6 Å². The molecule has 1 amide bonds. The lowest BCUT2D eigenvalue weighted by molar-refractivity contribution is -0.123. The molecule has 1 fully saturated rings. The van der Waals surface area contributed by atoms with E-state index in [0.29, 0.717) is 30.1 Å². The van der Waals surface area contributed by atoms with Crippen LogP contribution in [-0.4, -0.2) is 21.2 Å². The molecule has 2 aliphatic rings. The number of benzene rings is 1. The number of aromatic nitrogens is 2. The first kappa shape index (κ1) is 20.7. The summed E-state index contributed by atoms with van der Waals surface area (Å²) in [5, 5.41) is 3.02. The fourth-order valence-electron chi connectivity index (χ4n) is 5.70. The summed E-state index contributed by atoms with van der Waals surface area (Å²) in [6.45, 7) is 2.78. The molecular formula is C27H29N3O2. The van der Waals surface area contributed by atoms with Crippen LogP contribution < -0.4 is 5.32 Å². The first-order chi connectivity index (χ1) is 15.5. The quantitative estimate of drug-likeness (QED) is 0.631. The van der Waals surface area contributed by atoms with Gasteiger partial charge in [0.05, 0.1) is 16.9 Å². The second-order valence-corrected chi connectivity index (χ2v) is 9.30. The van der Waals surface area contributed by atoms with Crippen molar-refractivity contribution in [2.75, 3.05) is 5.32 Å². The molecule has 1 aliphatic heterocycles. The van der Waals surface area contributed by atoms with Crippen LogP contribution in [0.15, 0.2) is 60.9 Å². The molecule has 2 atom stereocenters. The van der Waals surface area contributed by atoms with Crippen LogP contribution >= 0.6 is 0 Å². The molecule has 0 saturated heterocycles. The molecule has 3 aromatic rings. The highest BCUT2D eigenvalue weighted by Crippen LogP contribution is 2.49. The Hall–Kier alpha value is -3.21. The van der Waals surface area contributed by atoms with Gasteiger partial charge in [0.1, 0.15) is 5.78 Å². The van der Waals surface area contributed by atoms with Crippen molar-refractivity contribution >= 4 is 17.4 Å². The molecule has 32 heavy (non-hydrogen) atoms. The molecule has 3 heterocycles. The molecule has 0 radical (unpaired) electrons. The standard InChI is InChI=1S/C27H29N3O2/c1-19-24(10-5-13-28-19)29-26(32)21-15-25-27(17-20-7-3-2-4-8-20)12-11-23(31)16-22(27)9-6-14-30(25)18-21/h2-5,7-8,10,13,15,18,22H,6,9,11-12,14,16-17H2,1H3,(H,29,32)/t22-,27-/m1/s1. The lowest BCUT2D eigenvalue weighted by Crippen LogP contribution is -2.43. The molecule has 1 aliphatic carbocycles. The van der Waals surface area contributed by atoms with Crippen LogP contribution in [0.25, 0.3) is 0 Å². The zero-order valence-electron chi connectivity index (χ0n) is 18.5. The molecule has 1 aromatic carbocycles. The maximum atomic E-state index is 13.1. The minimum absolute atomic E-state index is 0.111. The third-order valence-electron chi connectivity index (χ3n) is 7.34. The van der Waals surface area contributed by atoms with Crippen LogP contribution in [0.5, 0.6) is 0 Å². The predicted octanol–water partition coefficient (Wildman–Crippen LogP) is 5.09. The molecule has 1 saturated carbocycles. The number of rotatable bonds is 4. The van der Waals surface area contributed by atoms with Gasteiger partial charge in [-0.05, 0) is 62.3 Å². The average molecular weight is 428 g/mol. The summed E-state index contributed by atoms with van der Waals surface area (Å²) < 4.78 is 2.28. The first-order valence-corrected chi connectivity index (χ1v) is 11.5. The number of anilines is 1. The number of amides is 1. The minimum atomic E-state index is -0.117. The van der Waals surface area contributed by atoms with E-state index >= 15 is 0 Å². The zero-order chi connectivity index (χ0) is 22.1. The van der Waals surface area contributed by atoms with Crippen molar-refractivity contribution in [2.24, 2.45) is 5.92 Å². The number of hydrogen-bond donors (Lipinski definition) is 1. The smallest absolute Gasteiger partial charge is 0.257 e. The average Bonchev–Trinajstić information content (AvgIpc) is 3.17. The van der Waals surface area contributed by atoms with Crippen molar-refractivity contribution < 1.29 is 9.59 Å². The Morgan fingerprint density at radius 2 is 2.06 bits per heavy atom. The van der Waals surface area contributed by atoms with E-state index < -0.39 is 0 Å². The van der Waals surface area contributed by atoms with Crippen molar-refractivity contribution in [3.8, 4) is 0 Å². The van der Waals surface area contributed by atoms with E-state index in [9.17, 15) is 9.59 Å². The highest BCUT2D eigenvalue weighted by atomic mass is 16.1. The molecule has 0 spiro atoms. The van der Waals surface area contributed by atoms with Crippen molar-refractivity contribution in [1.29, 1.82) is 0 Å². The van der Waals surface area contributed by atoms with Gasteiger partial charge in [0.15, 0.2) is 0 Å². The number of pyridine rings is 1. The van der Waals surface area contributed by atoms with E-state index in [1.807, 2.05) is 31.3 Å². The van der Waals surface area contributed by atoms with Crippen LogP contribution in [0.4, 0.5) is 5.69 Å². The van der Waals surface area contributed by atoms with Crippen LogP contribution in [0, 0.1) is 12.8 Å². The number of hydrogen-bond acceptors (Lipinski definition) is 3. The maximum absolute atomic E-state index is 13.1. The Morgan fingerprint density at radius 1 is 1.22 bits per heavy atom. The Bertz CT molecular complexity index is 1150. The van der Waals surface area contributed by atoms with Crippen molar-refractivity contribution in [2.45, 2.75) is 57.4 Å². The molecular weight excluding hydrogens is 398 g/mol. The van der Waals surface area contributed by atoms with Gasteiger partial charge in [-0.2, -0.15) is 0 Å². The molecule has 2 aromatic heterocycles. The molecule has 0 unspecified atom stereocenters. The van der Waals surface area contributed by atoms with Crippen LogP contribution in [0.2, 0.25) is 0 Å². The number of aryl methyl sites for hydroxylation is 2. The Balaban J connectivity index is 1.53. The third kappa shape index (κ3) is 3.77. The summed E-state index contributed by atoms with van der Waals surface area (Å²) >= 11 is 0. The Kier molecular flexibility index (Phi) is 5.41. The Labute approximate surface area is 188 Å². The summed E-state index contributed by atoms with van der Waals surface area (Å²) in [6, 6.07) is 16.4. The molecule has 5 rings (SSSR count). The van der Waals surface area contributed by atoms with Gasteiger partial charge in [-0.25, -0.2) is 0 Å². The number of carbonyl (C=O) groups is 2. The second-order valence-electron chi connectivity index (χ2n) is 9.30. The summed E-state index contributed by atoms with van der Waals surface area (Å²) in [4.78, 5) is 29.8. The summed E-state index contributed by atoms with van der Waals surface area (Å²) in [5.74, 6) is 0.584. The largest absolute Gasteiger partial charge is 0.350 e. The summed E-state index contributed by atoms with van der Waals surface area (Å²) in [5.41, 5.74) is 4.59. The van der Waals surface area contributed by atoms with Crippen molar-refractivity contribution in [3.63, 3.8) is 0 Å². The van der Waals surface area contributed by atoms with Gasteiger partial charge in [0, 0.05) is 42.9 Å². The van der Waals surface area contributed by atoms with Gasteiger partial charge in [-0.1, -0.05) is 30.3 Å². The monoisotopic (exact) mass is 427 g/mol. The van der Waals surface area contributed by atoms with Gasteiger partial charge >= 0.3 is 0 Å². The lowest BCUT2D eigenvalue weighted by atomic mass is 9.60. The van der Waals surface area contributed by atoms with Gasteiger partial charge in [-0.15, -0.1) is 0 Å². The maximum Gasteiger partial charge on any atom is 0.257 e. The Morgan fingerprint density at radius 3 is 2.88 bits per heavy atom. The third-order valence-corrected chi connectivity index (χ3v) is 7.34. The van der Waals surface area contributed by atoms with Gasteiger partial charge in [0.25, 0.3) is 5.91 Å². The van der Waals surface area contributed by atoms with E-state index in [4.69, 9.17) is 0 Å². The molecule has 5 nitrogen and oxygen atoms in total. The van der Waals surface area contributed by atoms with E-state index in [1.54, 1.807) is 6.20 Å².